The van der Waals surface area contributed by atoms with Crippen molar-refractivity contribution in [2.75, 3.05) is 13.6 Å². The van der Waals surface area contributed by atoms with Crippen molar-refractivity contribution >= 4 is 22.6 Å². The van der Waals surface area contributed by atoms with Crippen LogP contribution in [-0.2, 0) is 0 Å². The Balaban J connectivity index is 2.55. The molecule has 1 fully saturated rings. The number of halogens is 1. The molecule has 0 bridgehead atoms. The summed E-state index contributed by atoms with van der Waals surface area (Å²) in [6.07, 6.45) is 2.76. The second kappa shape index (κ2) is 2.97. The fourth-order valence-corrected chi connectivity index (χ4v) is 2.56. The molecular weight excluding hydrogens is 237 g/mol. The highest BCUT2D eigenvalue weighted by molar-refractivity contribution is 14.1. The van der Waals surface area contributed by atoms with Crippen LogP contribution in [-0.4, -0.2) is 28.0 Å². The number of hydrogen-bond acceptors (Lipinski definition) is 1. The maximum atomic E-state index is 2.55. The van der Waals surface area contributed by atoms with Gasteiger partial charge >= 0.3 is 0 Å². The summed E-state index contributed by atoms with van der Waals surface area (Å²) < 4.78 is 0.447. The minimum atomic E-state index is 0.447. The standard InChI is InChI=1S/C8H16IN/c1-8(2,9)7-5-4-6-10(7)3/h7H,4-6H2,1-3H3. The molecule has 0 radical (unpaired) electrons. The van der Waals surface area contributed by atoms with E-state index in [-0.39, 0.29) is 0 Å². The SMILES string of the molecule is CN1CCCC1C(C)(C)I. The molecule has 1 aliphatic rings. The van der Waals surface area contributed by atoms with Crippen molar-refractivity contribution in [3.63, 3.8) is 0 Å². The Morgan fingerprint density at radius 2 is 2.10 bits per heavy atom. The van der Waals surface area contributed by atoms with Gasteiger partial charge in [-0.3, -0.25) is 0 Å². The van der Waals surface area contributed by atoms with E-state index in [1.54, 1.807) is 0 Å². The first-order valence-corrected chi connectivity index (χ1v) is 4.99. The van der Waals surface area contributed by atoms with Crippen LogP contribution in [0.4, 0.5) is 0 Å². The first kappa shape index (κ1) is 8.78. The summed E-state index contributed by atoms with van der Waals surface area (Å²) in [7, 11) is 2.23. The fourth-order valence-electron chi connectivity index (χ4n) is 1.78. The molecule has 1 nitrogen and oxygen atoms in total. The highest BCUT2D eigenvalue weighted by atomic mass is 127. The molecule has 2 heteroatoms. The van der Waals surface area contributed by atoms with E-state index in [2.05, 4.69) is 48.4 Å². The Morgan fingerprint density at radius 3 is 2.30 bits per heavy atom. The van der Waals surface area contributed by atoms with Gasteiger partial charge in [-0.25, -0.2) is 0 Å². The normalized spacial score (nSPS) is 29.4. The van der Waals surface area contributed by atoms with Gasteiger partial charge < -0.3 is 4.90 Å². The van der Waals surface area contributed by atoms with Gasteiger partial charge in [0, 0.05) is 9.46 Å². The largest absolute Gasteiger partial charge is 0.302 e. The van der Waals surface area contributed by atoms with Gasteiger partial charge in [-0.15, -0.1) is 0 Å². The molecule has 0 aromatic rings. The van der Waals surface area contributed by atoms with Crippen molar-refractivity contribution in [2.24, 2.45) is 0 Å². The minimum absolute atomic E-state index is 0.447. The number of nitrogens with zero attached hydrogens (tertiary/aromatic N) is 1. The third kappa shape index (κ3) is 1.84. The van der Waals surface area contributed by atoms with Crippen molar-refractivity contribution < 1.29 is 0 Å². The molecule has 0 N–H and O–H groups in total. The van der Waals surface area contributed by atoms with Gasteiger partial charge in [0.15, 0.2) is 0 Å². The third-order valence-corrected chi connectivity index (χ3v) is 3.03. The predicted molar refractivity (Wildman–Crippen MR) is 53.8 cm³/mol. The lowest BCUT2D eigenvalue weighted by atomic mass is 10.0. The minimum Gasteiger partial charge on any atom is -0.302 e. The summed E-state index contributed by atoms with van der Waals surface area (Å²) in [6.45, 7) is 5.93. The van der Waals surface area contributed by atoms with Crippen LogP contribution in [0.5, 0.6) is 0 Å². The van der Waals surface area contributed by atoms with E-state index in [1.807, 2.05) is 0 Å². The van der Waals surface area contributed by atoms with E-state index >= 15 is 0 Å². The second-order valence-corrected chi connectivity index (χ2v) is 6.48. The molecule has 1 heterocycles. The Morgan fingerprint density at radius 1 is 1.50 bits per heavy atom. The molecule has 1 unspecified atom stereocenters. The zero-order valence-corrected chi connectivity index (χ0v) is 9.18. The smallest absolute Gasteiger partial charge is 0.0321 e. The van der Waals surface area contributed by atoms with Crippen molar-refractivity contribution in [1.29, 1.82) is 0 Å². The van der Waals surface area contributed by atoms with Crippen molar-refractivity contribution in [1.82, 2.24) is 4.90 Å². The van der Waals surface area contributed by atoms with Gasteiger partial charge in [0.2, 0.25) is 0 Å². The topological polar surface area (TPSA) is 3.24 Å². The predicted octanol–water partition coefficient (Wildman–Crippen LogP) is 2.29. The van der Waals surface area contributed by atoms with Crippen LogP contribution in [0.15, 0.2) is 0 Å². The third-order valence-electron chi connectivity index (χ3n) is 2.31. The summed E-state index contributed by atoms with van der Waals surface area (Å²) in [6, 6.07) is 0.799. The highest BCUT2D eigenvalue weighted by Gasteiger charge is 2.32. The van der Waals surface area contributed by atoms with Crippen LogP contribution in [0.2, 0.25) is 0 Å². The first-order valence-electron chi connectivity index (χ1n) is 3.91. The maximum absolute atomic E-state index is 2.55. The maximum Gasteiger partial charge on any atom is 0.0321 e. The Hall–Kier alpha value is 0.690. The van der Waals surface area contributed by atoms with Crippen LogP contribution in [0, 0.1) is 0 Å². The molecule has 0 aliphatic carbocycles. The number of likely N-dealkylation sites (tertiary alicyclic amines) is 1. The highest BCUT2D eigenvalue weighted by Crippen LogP contribution is 2.31. The van der Waals surface area contributed by atoms with Gasteiger partial charge in [-0.05, 0) is 40.3 Å². The molecule has 1 rings (SSSR count). The van der Waals surface area contributed by atoms with Crippen LogP contribution >= 0.6 is 22.6 Å². The molecule has 1 aliphatic heterocycles. The molecule has 0 aromatic heterocycles. The summed E-state index contributed by atoms with van der Waals surface area (Å²) in [4.78, 5) is 2.48. The average Bonchev–Trinajstić information content (AvgIpc) is 2.11. The summed E-state index contributed by atoms with van der Waals surface area (Å²) in [5.41, 5.74) is 0. The summed E-state index contributed by atoms with van der Waals surface area (Å²) >= 11 is 2.55. The lowest BCUT2D eigenvalue weighted by Crippen LogP contribution is -2.39. The van der Waals surface area contributed by atoms with E-state index in [1.165, 1.54) is 19.4 Å². The number of rotatable bonds is 1. The fraction of sp³-hybridized carbons (Fsp3) is 1.00. The average molecular weight is 253 g/mol. The molecular formula is C8H16IN. The van der Waals surface area contributed by atoms with Crippen LogP contribution < -0.4 is 0 Å². The van der Waals surface area contributed by atoms with Gasteiger partial charge in [0.25, 0.3) is 0 Å². The van der Waals surface area contributed by atoms with E-state index in [0.717, 1.165) is 6.04 Å². The molecule has 10 heavy (non-hydrogen) atoms. The van der Waals surface area contributed by atoms with E-state index < -0.39 is 0 Å². The zero-order valence-electron chi connectivity index (χ0n) is 7.02. The lowest BCUT2D eigenvalue weighted by molar-refractivity contribution is 0.278. The van der Waals surface area contributed by atoms with E-state index in [9.17, 15) is 0 Å². The quantitative estimate of drug-likeness (QED) is 0.512. The Bertz CT molecular complexity index is 117. The van der Waals surface area contributed by atoms with Crippen molar-refractivity contribution in [3.05, 3.63) is 0 Å². The van der Waals surface area contributed by atoms with Gasteiger partial charge in [-0.2, -0.15) is 0 Å². The zero-order chi connectivity index (χ0) is 7.78. The Kier molecular flexibility index (Phi) is 2.61. The molecule has 0 spiro atoms. The van der Waals surface area contributed by atoms with E-state index in [4.69, 9.17) is 0 Å². The van der Waals surface area contributed by atoms with Gasteiger partial charge in [0.05, 0.1) is 0 Å². The van der Waals surface area contributed by atoms with Gasteiger partial charge in [-0.1, -0.05) is 22.6 Å². The summed E-state index contributed by atoms with van der Waals surface area (Å²) in [5, 5.41) is 0. The molecule has 1 atom stereocenters. The van der Waals surface area contributed by atoms with Crippen LogP contribution in [0.3, 0.4) is 0 Å². The van der Waals surface area contributed by atoms with Crippen molar-refractivity contribution in [3.8, 4) is 0 Å². The van der Waals surface area contributed by atoms with E-state index in [0.29, 0.717) is 3.42 Å². The molecule has 0 amide bonds. The van der Waals surface area contributed by atoms with Gasteiger partial charge in [0.1, 0.15) is 0 Å². The summed E-state index contributed by atoms with van der Waals surface area (Å²) in [5.74, 6) is 0. The van der Waals surface area contributed by atoms with Crippen LogP contribution in [0.25, 0.3) is 0 Å². The second-order valence-electron chi connectivity index (χ2n) is 3.70. The lowest BCUT2D eigenvalue weighted by Gasteiger charge is -2.30. The first-order chi connectivity index (χ1) is 4.52. The number of alkyl halides is 1. The molecule has 1 saturated heterocycles. The monoisotopic (exact) mass is 253 g/mol. The van der Waals surface area contributed by atoms with Crippen molar-refractivity contribution in [2.45, 2.75) is 36.2 Å². The van der Waals surface area contributed by atoms with Crippen LogP contribution in [0.1, 0.15) is 26.7 Å². The Labute approximate surface area is 77.3 Å². The molecule has 0 saturated carbocycles. The number of hydrogen-bond donors (Lipinski definition) is 0. The molecule has 60 valence electrons. The molecule has 0 aromatic carbocycles.